The molecule has 3 rings (SSSR count). The fraction of sp³-hybridized carbons (Fsp3) is 0.176. The number of carbonyl (C=O) groups excluding carboxylic acids is 1. The Hall–Kier alpha value is -2.78. The minimum absolute atomic E-state index is 0. The highest BCUT2D eigenvalue weighted by Crippen LogP contribution is 2.24. The topological polar surface area (TPSA) is 78.7 Å². The molecule has 27 heavy (non-hydrogen) atoms. The van der Waals surface area contributed by atoms with Crippen LogP contribution in [-0.2, 0) is 6.61 Å². The number of imidazole rings is 1. The third-order valence-electron chi connectivity index (χ3n) is 3.63. The maximum atomic E-state index is 12.1. The van der Waals surface area contributed by atoms with E-state index in [1.54, 1.807) is 54.1 Å². The molecule has 1 aromatic carbocycles. The minimum atomic E-state index is -4.47. The van der Waals surface area contributed by atoms with Crippen molar-refractivity contribution in [3.63, 3.8) is 0 Å². The number of nitrogens with one attached hydrogen (secondary N) is 2. The van der Waals surface area contributed by atoms with Crippen molar-refractivity contribution in [2.24, 2.45) is 0 Å². The fourth-order valence-corrected chi connectivity index (χ4v) is 2.45. The Balaban J connectivity index is 0.00000261. The zero-order chi connectivity index (χ0) is 18.7. The summed E-state index contributed by atoms with van der Waals surface area (Å²) in [4.78, 5) is 15.9. The molecular formula is C17H16ClF3N4O2. The predicted molar refractivity (Wildman–Crippen MR) is 96.9 cm³/mol. The van der Waals surface area contributed by atoms with E-state index in [0.29, 0.717) is 11.3 Å². The molecule has 0 aliphatic rings. The molecule has 3 aromatic rings. The monoisotopic (exact) mass is 400 g/mol. The Morgan fingerprint density at radius 3 is 2.70 bits per heavy atom. The molecule has 144 valence electrons. The van der Waals surface area contributed by atoms with Gasteiger partial charge in [0.2, 0.25) is 0 Å². The number of rotatable bonds is 4. The maximum Gasteiger partial charge on any atom is 0.405 e. The standard InChI is InChI=1S/C17H15F3N4O2.ClH/c18-17(19,20)10-22-16(26)23-13-3-1-2-12(7-13)14-8-21-15-6-11(9-25)4-5-24(14)15;/h1-8,25H,9-10H2,(H2,22,23,26);1H. The van der Waals surface area contributed by atoms with Crippen LogP contribution in [0, 0.1) is 0 Å². The smallest absolute Gasteiger partial charge is 0.392 e. The summed E-state index contributed by atoms with van der Waals surface area (Å²) in [6.07, 6.45) is -1.07. The van der Waals surface area contributed by atoms with Gasteiger partial charge in [0.05, 0.1) is 18.5 Å². The second-order valence-electron chi connectivity index (χ2n) is 5.57. The molecule has 2 aromatic heterocycles. The lowest BCUT2D eigenvalue weighted by Gasteiger charge is -2.10. The van der Waals surface area contributed by atoms with Crippen LogP contribution in [-0.4, -0.2) is 33.2 Å². The van der Waals surface area contributed by atoms with Gasteiger partial charge in [0, 0.05) is 17.4 Å². The Morgan fingerprint density at radius 1 is 1.22 bits per heavy atom. The number of urea groups is 1. The lowest BCUT2D eigenvalue weighted by molar-refractivity contribution is -0.122. The van der Waals surface area contributed by atoms with E-state index in [9.17, 15) is 23.1 Å². The lowest BCUT2D eigenvalue weighted by atomic mass is 10.1. The van der Waals surface area contributed by atoms with Gasteiger partial charge in [-0.05, 0) is 29.8 Å². The van der Waals surface area contributed by atoms with Gasteiger partial charge in [-0.25, -0.2) is 9.78 Å². The number of hydrogen-bond acceptors (Lipinski definition) is 3. The molecule has 0 bridgehead atoms. The fourth-order valence-electron chi connectivity index (χ4n) is 2.45. The van der Waals surface area contributed by atoms with Crippen LogP contribution in [0.4, 0.5) is 23.7 Å². The third-order valence-corrected chi connectivity index (χ3v) is 3.63. The number of halogens is 4. The number of fused-ring (bicyclic) bond motifs is 1. The van der Waals surface area contributed by atoms with Gasteiger partial charge >= 0.3 is 12.2 Å². The van der Waals surface area contributed by atoms with Crippen molar-refractivity contribution in [2.75, 3.05) is 11.9 Å². The molecule has 0 aliphatic heterocycles. The number of alkyl halides is 3. The zero-order valence-electron chi connectivity index (χ0n) is 13.8. The van der Waals surface area contributed by atoms with Crippen LogP contribution in [0.5, 0.6) is 0 Å². The van der Waals surface area contributed by atoms with Gasteiger partial charge in [-0.1, -0.05) is 12.1 Å². The molecule has 0 unspecified atom stereocenters. The van der Waals surface area contributed by atoms with Gasteiger partial charge in [0.15, 0.2) is 0 Å². The summed E-state index contributed by atoms with van der Waals surface area (Å²) in [7, 11) is 0. The molecule has 10 heteroatoms. The molecular weight excluding hydrogens is 385 g/mol. The summed E-state index contributed by atoms with van der Waals surface area (Å²) in [5.41, 5.74) is 3.19. The summed E-state index contributed by atoms with van der Waals surface area (Å²) < 4.78 is 38.2. The summed E-state index contributed by atoms with van der Waals surface area (Å²) in [5.74, 6) is 0. The molecule has 0 aliphatic carbocycles. The van der Waals surface area contributed by atoms with E-state index in [-0.39, 0.29) is 19.0 Å². The molecule has 0 saturated carbocycles. The number of amides is 2. The van der Waals surface area contributed by atoms with Crippen LogP contribution in [0.15, 0.2) is 48.8 Å². The first kappa shape index (κ1) is 20.5. The predicted octanol–water partition coefficient (Wildman–Crippen LogP) is 3.60. The first-order valence-corrected chi connectivity index (χ1v) is 7.64. The molecule has 2 heterocycles. The second-order valence-corrected chi connectivity index (χ2v) is 5.57. The number of carbonyl (C=O) groups is 1. The highest BCUT2D eigenvalue weighted by atomic mass is 35.5. The molecule has 0 fully saturated rings. The van der Waals surface area contributed by atoms with Crippen molar-refractivity contribution >= 4 is 29.8 Å². The van der Waals surface area contributed by atoms with Crippen molar-refractivity contribution in [2.45, 2.75) is 12.8 Å². The SMILES string of the molecule is Cl.O=C(NCC(F)(F)F)Nc1cccc(-c2cnc3cc(CO)ccn23)c1. The van der Waals surface area contributed by atoms with E-state index in [4.69, 9.17) is 0 Å². The number of hydrogen-bond donors (Lipinski definition) is 3. The van der Waals surface area contributed by atoms with Gasteiger partial charge in [-0.2, -0.15) is 13.2 Å². The Kier molecular flexibility index (Phi) is 6.29. The number of nitrogens with zero attached hydrogens (tertiary/aromatic N) is 2. The minimum Gasteiger partial charge on any atom is -0.392 e. The summed E-state index contributed by atoms with van der Waals surface area (Å²) in [6.45, 7) is -1.50. The maximum absolute atomic E-state index is 12.1. The molecule has 2 amide bonds. The molecule has 3 N–H and O–H groups in total. The van der Waals surface area contributed by atoms with E-state index in [2.05, 4.69) is 10.3 Å². The van der Waals surface area contributed by atoms with Crippen LogP contribution in [0.3, 0.4) is 0 Å². The second kappa shape index (κ2) is 8.28. The van der Waals surface area contributed by atoms with E-state index < -0.39 is 18.8 Å². The van der Waals surface area contributed by atoms with Gasteiger partial charge in [-0.15, -0.1) is 12.4 Å². The summed E-state index contributed by atoms with van der Waals surface area (Å²) in [5, 5.41) is 13.3. The molecule has 0 radical (unpaired) electrons. The van der Waals surface area contributed by atoms with Gasteiger partial charge in [-0.3, -0.25) is 4.40 Å². The van der Waals surface area contributed by atoms with E-state index in [0.717, 1.165) is 16.8 Å². The molecule has 0 spiro atoms. The highest BCUT2D eigenvalue weighted by Gasteiger charge is 2.27. The first-order valence-electron chi connectivity index (χ1n) is 7.64. The third kappa shape index (κ3) is 5.11. The molecule has 6 nitrogen and oxygen atoms in total. The van der Waals surface area contributed by atoms with Gasteiger partial charge < -0.3 is 15.7 Å². The van der Waals surface area contributed by atoms with Crippen molar-refractivity contribution in [1.29, 1.82) is 0 Å². The van der Waals surface area contributed by atoms with Crippen LogP contribution in [0.2, 0.25) is 0 Å². The average molecular weight is 401 g/mol. The van der Waals surface area contributed by atoms with Gasteiger partial charge in [0.1, 0.15) is 12.2 Å². The zero-order valence-corrected chi connectivity index (χ0v) is 14.6. The number of aliphatic hydroxyl groups excluding tert-OH is 1. The number of anilines is 1. The van der Waals surface area contributed by atoms with E-state index >= 15 is 0 Å². The molecule has 0 saturated heterocycles. The number of benzene rings is 1. The van der Waals surface area contributed by atoms with Gasteiger partial charge in [0.25, 0.3) is 0 Å². The van der Waals surface area contributed by atoms with Crippen molar-refractivity contribution in [3.8, 4) is 11.3 Å². The van der Waals surface area contributed by atoms with E-state index in [1.165, 1.54) is 0 Å². The lowest BCUT2D eigenvalue weighted by Crippen LogP contribution is -2.36. The summed E-state index contributed by atoms with van der Waals surface area (Å²) in [6, 6.07) is 9.24. The van der Waals surface area contributed by atoms with Crippen LogP contribution < -0.4 is 10.6 Å². The van der Waals surface area contributed by atoms with Crippen LogP contribution >= 0.6 is 12.4 Å². The largest absolute Gasteiger partial charge is 0.405 e. The summed E-state index contributed by atoms with van der Waals surface area (Å²) >= 11 is 0. The van der Waals surface area contributed by atoms with Crippen molar-refractivity contribution < 1.29 is 23.1 Å². The first-order chi connectivity index (χ1) is 12.4. The van der Waals surface area contributed by atoms with Crippen molar-refractivity contribution in [3.05, 3.63) is 54.4 Å². The van der Waals surface area contributed by atoms with Crippen LogP contribution in [0.1, 0.15) is 5.56 Å². The Morgan fingerprint density at radius 2 is 2.00 bits per heavy atom. The Labute approximate surface area is 158 Å². The molecule has 0 atom stereocenters. The van der Waals surface area contributed by atoms with Crippen LogP contribution in [0.25, 0.3) is 16.9 Å². The number of aliphatic hydroxyl groups is 1. The number of aromatic nitrogens is 2. The highest BCUT2D eigenvalue weighted by molar-refractivity contribution is 5.90. The normalized spacial score (nSPS) is 11.1. The van der Waals surface area contributed by atoms with Crippen molar-refractivity contribution in [1.82, 2.24) is 14.7 Å². The van der Waals surface area contributed by atoms with E-state index in [1.807, 2.05) is 4.40 Å². The Bertz CT molecular complexity index is 943. The average Bonchev–Trinajstić information content (AvgIpc) is 3.02. The quantitative estimate of drug-likeness (QED) is 0.626. The number of pyridine rings is 1.